The molecular weight excluding hydrogens is 307 g/mol. The van der Waals surface area contributed by atoms with E-state index >= 15 is 0 Å². The summed E-state index contributed by atoms with van der Waals surface area (Å²) in [5.74, 6) is -0.470. The molecule has 4 nitrogen and oxygen atoms in total. The quantitative estimate of drug-likeness (QED) is 0.874. The van der Waals surface area contributed by atoms with Crippen LogP contribution >= 0.6 is 0 Å². The summed E-state index contributed by atoms with van der Waals surface area (Å²) in [6, 6.07) is 4.48. The molecule has 1 aromatic rings. The number of ether oxygens (including phenoxy) is 1. The molecule has 0 bridgehead atoms. The van der Waals surface area contributed by atoms with Crippen LogP contribution in [0, 0.1) is 12.7 Å². The first-order valence-electron chi connectivity index (χ1n) is 8.02. The molecule has 1 saturated heterocycles. The molecule has 1 amide bonds. The fourth-order valence-electron chi connectivity index (χ4n) is 2.82. The Balaban J connectivity index is 1.63. The molecule has 2 aliphatic rings. The number of anilines is 1. The van der Waals surface area contributed by atoms with E-state index in [-0.39, 0.29) is 18.3 Å². The maximum Gasteiger partial charge on any atom is 0.240 e. The molecule has 0 saturated carbocycles. The van der Waals surface area contributed by atoms with E-state index in [1.807, 2.05) is 25.2 Å². The van der Waals surface area contributed by atoms with Gasteiger partial charge in [0.15, 0.2) is 0 Å². The Hall–Kier alpha value is -2.40. The zero-order valence-corrected chi connectivity index (χ0v) is 13.6. The number of nitrogens with one attached hydrogen (secondary N) is 2. The largest absolute Gasteiger partial charge is 0.376 e. The third kappa shape index (κ3) is 3.57. The van der Waals surface area contributed by atoms with E-state index in [0.717, 1.165) is 17.6 Å². The van der Waals surface area contributed by atoms with Crippen molar-refractivity contribution >= 4 is 11.6 Å². The summed E-state index contributed by atoms with van der Waals surface area (Å²) in [4.78, 5) is 12.4. The Morgan fingerprint density at radius 1 is 1.33 bits per heavy atom. The van der Waals surface area contributed by atoms with Gasteiger partial charge in [0.25, 0.3) is 0 Å². The average molecular weight is 328 g/mol. The molecular formula is C19H21FN2O2. The van der Waals surface area contributed by atoms with E-state index < -0.39 is 5.54 Å². The maximum atomic E-state index is 13.3. The van der Waals surface area contributed by atoms with Crippen LogP contribution < -0.4 is 10.6 Å². The van der Waals surface area contributed by atoms with Gasteiger partial charge in [-0.1, -0.05) is 36.4 Å². The summed E-state index contributed by atoms with van der Waals surface area (Å²) in [5, 5.41) is 6.06. The number of amides is 1. The molecule has 0 aromatic heterocycles. The van der Waals surface area contributed by atoms with Crippen LogP contribution in [0.4, 0.5) is 10.1 Å². The van der Waals surface area contributed by atoms with Crippen molar-refractivity contribution in [3.05, 3.63) is 65.5 Å². The van der Waals surface area contributed by atoms with Crippen molar-refractivity contribution < 1.29 is 13.9 Å². The summed E-state index contributed by atoms with van der Waals surface area (Å²) in [6.45, 7) is 2.89. The van der Waals surface area contributed by atoms with Crippen molar-refractivity contribution in [2.24, 2.45) is 0 Å². The molecule has 1 fully saturated rings. The lowest BCUT2D eigenvalue weighted by molar-refractivity contribution is -0.127. The van der Waals surface area contributed by atoms with Crippen LogP contribution in [0.15, 0.2) is 54.2 Å². The van der Waals surface area contributed by atoms with Gasteiger partial charge in [0.05, 0.1) is 19.8 Å². The third-order valence-electron chi connectivity index (χ3n) is 4.26. The number of carbonyl (C=O) groups excluding carboxylic acids is 1. The monoisotopic (exact) mass is 328 g/mol. The van der Waals surface area contributed by atoms with Gasteiger partial charge in [-0.25, -0.2) is 4.39 Å². The number of halogens is 1. The molecule has 3 rings (SSSR count). The summed E-state index contributed by atoms with van der Waals surface area (Å²) < 4.78 is 18.7. The Kier molecular flexibility index (Phi) is 4.81. The summed E-state index contributed by atoms with van der Waals surface area (Å²) in [5.41, 5.74) is 2.13. The number of benzene rings is 1. The minimum atomic E-state index is -0.460. The average Bonchev–Trinajstić information content (AvgIpc) is 2.81. The molecule has 1 aliphatic heterocycles. The van der Waals surface area contributed by atoms with Gasteiger partial charge in [-0.05, 0) is 36.6 Å². The van der Waals surface area contributed by atoms with E-state index in [9.17, 15) is 9.18 Å². The second kappa shape index (κ2) is 7.01. The lowest BCUT2D eigenvalue weighted by Crippen LogP contribution is -2.63. The maximum absolute atomic E-state index is 13.3. The van der Waals surface area contributed by atoms with Crippen LogP contribution in [-0.2, 0) is 9.53 Å². The molecule has 0 radical (unpaired) electrons. The number of hydrogen-bond acceptors (Lipinski definition) is 3. The smallest absolute Gasteiger partial charge is 0.240 e. The van der Waals surface area contributed by atoms with Gasteiger partial charge < -0.3 is 15.4 Å². The molecule has 1 aromatic carbocycles. The van der Waals surface area contributed by atoms with Crippen molar-refractivity contribution in [3.63, 3.8) is 0 Å². The lowest BCUT2D eigenvalue weighted by atomic mass is 9.86. The van der Waals surface area contributed by atoms with Crippen LogP contribution in [0.1, 0.15) is 12.0 Å². The fraction of sp³-hybridized carbons (Fsp3) is 0.316. The van der Waals surface area contributed by atoms with Crippen LogP contribution in [0.5, 0.6) is 0 Å². The Bertz CT molecular complexity index is 718. The van der Waals surface area contributed by atoms with Gasteiger partial charge in [0.2, 0.25) is 5.91 Å². The number of allylic oxidation sites excluding steroid dienone is 4. The molecule has 1 heterocycles. The number of hydrogen-bond donors (Lipinski definition) is 2. The molecule has 5 heteroatoms. The lowest BCUT2D eigenvalue weighted by Gasteiger charge is -2.43. The molecule has 0 unspecified atom stereocenters. The van der Waals surface area contributed by atoms with Gasteiger partial charge in [-0.15, -0.1) is 0 Å². The second-order valence-corrected chi connectivity index (χ2v) is 6.12. The first-order chi connectivity index (χ1) is 11.6. The SMILES string of the molecule is Cc1ccc(F)cc1NCC(=O)NC1(C2=CCC=CC=C2)COC1. The molecule has 24 heavy (non-hydrogen) atoms. The highest BCUT2D eigenvalue weighted by Gasteiger charge is 2.42. The predicted molar refractivity (Wildman–Crippen MR) is 92.3 cm³/mol. The number of carbonyl (C=O) groups is 1. The van der Waals surface area contributed by atoms with Crippen molar-refractivity contribution in [3.8, 4) is 0 Å². The standard InChI is InChI=1S/C19H21FN2O2/c1-14-8-9-16(20)10-17(14)21-11-18(23)22-19(12-24-13-19)15-6-4-2-3-5-7-15/h2-4,6-10,21H,5,11-13H2,1H3,(H,22,23). The predicted octanol–water partition coefficient (Wildman–Crippen LogP) is 2.87. The highest BCUT2D eigenvalue weighted by atomic mass is 19.1. The zero-order valence-electron chi connectivity index (χ0n) is 13.6. The molecule has 1 aliphatic carbocycles. The zero-order chi connectivity index (χ0) is 17.0. The highest BCUT2D eigenvalue weighted by Crippen LogP contribution is 2.28. The van der Waals surface area contributed by atoms with Gasteiger partial charge in [0, 0.05) is 5.69 Å². The van der Waals surface area contributed by atoms with Crippen LogP contribution in [0.3, 0.4) is 0 Å². The van der Waals surface area contributed by atoms with E-state index in [1.165, 1.54) is 12.1 Å². The Labute approximate surface area is 141 Å². The van der Waals surface area contributed by atoms with Gasteiger partial charge >= 0.3 is 0 Å². The molecule has 0 spiro atoms. The van der Waals surface area contributed by atoms with Gasteiger partial charge in [-0.2, -0.15) is 0 Å². The van der Waals surface area contributed by atoms with Crippen LogP contribution in [0.25, 0.3) is 0 Å². The molecule has 126 valence electrons. The first kappa shape index (κ1) is 16.5. The van der Waals surface area contributed by atoms with E-state index in [4.69, 9.17) is 4.74 Å². The minimum Gasteiger partial charge on any atom is -0.376 e. The summed E-state index contributed by atoms with van der Waals surface area (Å²) in [7, 11) is 0. The second-order valence-electron chi connectivity index (χ2n) is 6.12. The third-order valence-corrected chi connectivity index (χ3v) is 4.26. The van der Waals surface area contributed by atoms with E-state index in [0.29, 0.717) is 18.9 Å². The molecule has 2 N–H and O–H groups in total. The number of aryl methyl sites for hydroxylation is 1. The van der Waals surface area contributed by atoms with Crippen LogP contribution in [-0.4, -0.2) is 31.2 Å². The summed E-state index contributed by atoms with van der Waals surface area (Å²) >= 11 is 0. The summed E-state index contributed by atoms with van der Waals surface area (Å²) in [6.07, 6.45) is 11.0. The topological polar surface area (TPSA) is 50.4 Å². The molecule has 0 atom stereocenters. The van der Waals surface area contributed by atoms with Crippen molar-refractivity contribution in [2.75, 3.05) is 25.1 Å². The Morgan fingerprint density at radius 2 is 2.17 bits per heavy atom. The van der Waals surface area contributed by atoms with Crippen molar-refractivity contribution in [2.45, 2.75) is 18.9 Å². The normalized spacial score (nSPS) is 18.3. The van der Waals surface area contributed by atoms with Gasteiger partial charge in [0.1, 0.15) is 11.4 Å². The van der Waals surface area contributed by atoms with E-state index in [2.05, 4.69) is 22.8 Å². The van der Waals surface area contributed by atoms with Gasteiger partial charge in [-0.3, -0.25) is 4.79 Å². The van der Waals surface area contributed by atoms with Crippen molar-refractivity contribution in [1.82, 2.24) is 5.32 Å². The van der Waals surface area contributed by atoms with Crippen molar-refractivity contribution in [1.29, 1.82) is 0 Å². The Morgan fingerprint density at radius 3 is 2.92 bits per heavy atom. The highest BCUT2D eigenvalue weighted by molar-refractivity contribution is 5.82. The van der Waals surface area contributed by atoms with E-state index in [1.54, 1.807) is 6.07 Å². The minimum absolute atomic E-state index is 0.0846. The first-order valence-corrected chi connectivity index (χ1v) is 8.02. The van der Waals surface area contributed by atoms with Crippen LogP contribution in [0.2, 0.25) is 0 Å². The number of rotatable bonds is 5. The fourth-order valence-corrected chi connectivity index (χ4v) is 2.82.